The molecule has 4 heterocycles. The topological polar surface area (TPSA) is 70.6 Å². The number of benzene rings is 1. The largest absolute Gasteiger partial charge is 0.389 e. The van der Waals surface area contributed by atoms with Gasteiger partial charge in [-0.15, -0.1) is 0 Å². The minimum Gasteiger partial charge on any atom is -0.378 e. The summed E-state index contributed by atoms with van der Waals surface area (Å²) in [5.41, 5.74) is 3.61. The highest BCUT2D eigenvalue weighted by atomic mass is 19.4. The third-order valence-electron chi connectivity index (χ3n) is 7.34. The van der Waals surface area contributed by atoms with E-state index in [9.17, 15) is 26.7 Å². The number of anilines is 2. The Kier molecular flexibility index (Phi) is 8.39. The van der Waals surface area contributed by atoms with Gasteiger partial charge in [0.2, 0.25) is 0 Å². The molecule has 0 bridgehead atoms. The molecule has 3 aromatic rings. The van der Waals surface area contributed by atoms with Crippen molar-refractivity contribution in [2.75, 3.05) is 49.6 Å². The fourth-order valence-electron chi connectivity index (χ4n) is 5.23. The molecule has 218 valence electrons. The van der Waals surface area contributed by atoms with Gasteiger partial charge >= 0.3 is 12.2 Å². The number of aryl methyl sites for hydroxylation is 1. The summed E-state index contributed by atoms with van der Waals surface area (Å²) in [6.07, 6.45) is -6.25. The Bertz CT molecular complexity index is 1390. The lowest BCUT2D eigenvalue weighted by Crippen LogP contribution is -2.36. The quantitative estimate of drug-likeness (QED) is 0.332. The van der Waals surface area contributed by atoms with Crippen molar-refractivity contribution in [3.05, 3.63) is 59.9 Å². The molecule has 2 aliphatic rings. The lowest BCUT2D eigenvalue weighted by molar-refractivity contribution is -0.143. The first-order valence-electron chi connectivity index (χ1n) is 13.4. The van der Waals surface area contributed by atoms with Crippen LogP contribution in [0.15, 0.2) is 48.7 Å². The number of hydrogen-bond donors (Lipinski definition) is 1. The van der Waals surface area contributed by atoms with Crippen molar-refractivity contribution in [1.29, 1.82) is 0 Å². The molecule has 2 aromatic heterocycles. The zero-order chi connectivity index (χ0) is 29.1. The van der Waals surface area contributed by atoms with E-state index >= 15 is 0 Å². The van der Waals surface area contributed by atoms with Crippen LogP contribution < -0.4 is 10.2 Å². The van der Waals surface area contributed by atoms with Crippen molar-refractivity contribution in [3.63, 3.8) is 0 Å². The van der Waals surface area contributed by atoms with Crippen LogP contribution in [0, 0.1) is 12.8 Å². The standard InChI is InChI=1S/C29H30F5N5O2/c1-18-2-3-22(36-28(40)39-7-5-19(17-39)16-29(32,33)34)15-23(18)21-13-24(20-4-6-35-25(12-20)27(30)31)37-26(14-21)38-8-10-41-11-9-38/h2-4,6,12-15,19,27H,5,7-11,16-17H2,1H3,(H,36,40)/t19-/m0/s1. The zero-order valence-electron chi connectivity index (χ0n) is 22.4. The number of pyridine rings is 2. The molecule has 41 heavy (non-hydrogen) atoms. The zero-order valence-corrected chi connectivity index (χ0v) is 22.4. The van der Waals surface area contributed by atoms with Crippen LogP contribution in [-0.2, 0) is 4.74 Å². The summed E-state index contributed by atoms with van der Waals surface area (Å²) in [5.74, 6) is 0.0553. The highest BCUT2D eigenvalue weighted by Crippen LogP contribution is 2.34. The second-order valence-corrected chi connectivity index (χ2v) is 10.3. The highest BCUT2D eigenvalue weighted by molar-refractivity contribution is 5.91. The lowest BCUT2D eigenvalue weighted by Gasteiger charge is -2.28. The maximum absolute atomic E-state index is 13.4. The molecule has 0 unspecified atom stereocenters. The molecule has 2 fully saturated rings. The van der Waals surface area contributed by atoms with E-state index < -0.39 is 31.0 Å². The van der Waals surface area contributed by atoms with E-state index in [2.05, 4.69) is 15.2 Å². The van der Waals surface area contributed by atoms with Crippen LogP contribution in [0.2, 0.25) is 0 Å². The van der Waals surface area contributed by atoms with E-state index in [0.717, 1.165) is 16.7 Å². The maximum atomic E-state index is 13.4. The monoisotopic (exact) mass is 575 g/mol. The molecule has 5 rings (SSSR count). The van der Waals surface area contributed by atoms with Crippen molar-refractivity contribution in [3.8, 4) is 22.4 Å². The van der Waals surface area contributed by atoms with E-state index in [-0.39, 0.29) is 18.8 Å². The Morgan fingerprint density at radius 1 is 1.07 bits per heavy atom. The van der Waals surface area contributed by atoms with Gasteiger partial charge in [0.05, 0.1) is 18.9 Å². The van der Waals surface area contributed by atoms with Crippen molar-refractivity contribution >= 4 is 17.5 Å². The summed E-state index contributed by atoms with van der Waals surface area (Å²) >= 11 is 0. The number of alkyl halides is 5. The number of morpholine rings is 1. The first-order chi connectivity index (χ1) is 19.6. The number of ether oxygens (including phenoxy) is 1. The molecule has 0 spiro atoms. The van der Waals surface area contributed by atoms with Gasteiger partial charge in [-0.25, -0.2) is 18.6 Å². The van der Waals surface area contributed by atoms with Crippen molar-refractivity contribution in [2.24, 2.45) is 5.92 Å². The number of likely N-dealkylation sites (tertiary alicyclic amines) is 1. The molecule has 1 aromatic carbocycles. The summed E-state index contributed by atoms with van der Waals surface area (Å²) < 4.78 is 70.6. The van der Waals surface area contributed by atoms with Gasteiger partial charge in [-0.1, -0.05) is 6.07 Å². The average Bonchev–Trinajstić information content (AvgIpc) is 3.41. The minimum atomic E-state index is -4.26. The van der Waals surface area contributed by atoms with E-state index in [1.807, 2.05) is 25.1 Å². The third-order valence-corrected chi connectivity index (χ3v) is 7.34. The fraction of sp³-hybridized carbons (Fsp3) is 0.414. The fourth-order valence-corrected chi connectivity index (χ4v) is 5.23. The van der Waals surface area contributed by atoms with Gasteiger partial charge in [0, 0.05) is 50.0 Å². The second kappa shape index (κ2) is 12.0. The molecule has 12 heteroatoms. The lowest BCUT2D eigenvalue weighted by atomic mass is 9.98. The summed E-state index contributed by atoms with van der Waals surface area (Å²) in [4.78, 5) is 24.9. The number of amides is 2. The first-order valence-corrected chi connectivity index (χ1v) is 13.4. The predicted molar refractivity (Wildman–Crippen MR) is 145 cm³/mol. The Morgan fingerprint density at radius 2 is 1.85 bits per heavy atom. The van der Waals surface area contributed by atoms with Gasteiger partial charge in [-0.3, -0.25) is 4.98 Å². The Morgan fingerprint density at radius 3 is 2.59 bits per heavy atom. The number of rotatable bonds is 6. The van der Waals surface area contributed by atoms with Gasteiger partial charge in [0.15, 0.2) is 0 Å². The summed E-state index contributed by atoms with van der Waals surface area (Å²) in [6, 6.07) is 11.6. The number of nitrogens with zero attached hydrogens (tertiary/aromatic N) is 4. The highest BCUT2D eigenvalue weighted by Gasteiger charge is 2.36. The van der Waals surface area contributed by atoms with Crippen molar-refractivity contribution < 1.29 is 31.5 Å². The van der Waals surface area contributed by atoms with Gasteiger partial charge in [0.25, 0.3) is 6.43 Å². The van der Waals surface area contributed by atoms with E-state index in [4.69, 9.17) is 9.72 Å². The van der Waals surface area contributed by atoms with Gasteiger partial charge in [-0.05, 0) is 72.4 Å². The van der Waals surface area contributed by atoms with Gasteiger partial charge < -0.3 is 19.9 Å². The number of carbonyl (C=O) groups excluding carboxylic acids is 1. The van der Waals surface area contributed by atoms with Crippen LogP contribution in [0.5, 0.6) is 0 Å². The molecule has 7 nitrogen and oxygen atoms in total. The molecule has 2 aliphatic heterocycles. The number of nitrogens with one attached hydrogen (secondary N) is 1. The molecular formula is C29H30F5N5O2. The van der Waals surface area contributed by atoms with Gasteiger partial charge in [0.1, 0.15) is 11.5 Å². The molecule has 0 saturated carbocycles. The molecule has 0 radical (unpaired) electrons. The summed E-state index contributed by atoms with van der Waals surface area (Å²) in [5, 5.41) is 2.82. The van der Waals surface area contributed by atoms with Crippen LogP contribution >= 0.6 is 0 Å². The molecule has 0 aliphatic carbocycles. The van der Waals surface area contributed by atoms with Crippen LogP contribution in [-0.4, -0.2) is 66.5 Å². The van der Waals surface area contributed by atoms with E-state index in [0.29, 0.717) is 55.5 Å². The summed E-state index contributed by atoms with van der Waals surface area (Å²) in [7, 11) is 0. The SMILES string of the molecule is Cc1ccc(NC(=O)N2CC[C@@H](CC(F)(F)F)C2)cc1-c1cc(-c2ccnc(C(F)F)c2)nc(N2CCOCC2)c1. The predicted octanol–water partition coefficient (Wildman–Crippen LogP) is 6.70. The first kappa shape index (κ1) is 28.7. The second-order valence-electron chi connectivity index (χ2n) is 10.3. The van der Waals surface area contributed by atoms with E-state index in [1.165, 1.54) is 17.2 Å². The number of hydrogen-bond acceptors (Lipinski definition) is 5. The number of urea groups is 1. The van der Waals surface area contributed by atoms with E-state index in [1.54, 1.807) is 18.2 Å². The molecule has 1 N–H and O–H groups in total. The van der Waals surface area contributed by atoms with Crippen LogP contribution in [0.25, 0.3) is 22.4 Å². The normalized spacial score (nSPS) is 17.8. The molecule has 2 saturated heterocycles. The Labute approximate surface area is 234 Å². The van der Waals surface area contributed by atoms with Crippen LogP contribution in [0.4, 0.5) is 38.3 Å². The van der Waals surface area contributed by atoms with Crippen LogP contribution in [0.3, 0.4) is 0 Å². The van der Waals surface area contributed by atoms with Crippen molar-refractivity contribution in [2.45, 2.75) is 32.4 Å². The molecule has 1 atom stereocenters. The summed E-state index contributed by atoms with van der Waals surface area (Å²) in [6.45, 7) is 4.53. The maximum Gasteiger partial charge on any atom is 0.389 e. The number of halogens is 5. The molecular weight excluding hydrogens is 545 g/mol. The minimum absolute atomic E-state index is 0.0488. The Hall–Kier alpha value is -3.80. The van der Waals surface area contributed by atoms with Gasteiger partial charge in [-0.2, -0.15) is 13.2 Å². The smallest absolute Gasteiger partial charge is 0.378 e. The number of carbonyl (C=O) groups is 1. The molecule has 2 amide bonds. The third kappa shape index (κ3) is 7.10. The Balaban J connectivity index is 1.44. The van der Waals surface area contributed by atoms with Crippen molar-refractivity contribution in [1.82, 2.24) is 14.9 Å². The average molecular weight is 576 g/mol. The number of aromatic nitrogens is 2. The van der Waals surface area contributed by atoms with Crippen LogP contribution in [0.1, 0.15) is 30.5 Å².